The second-order valence-corrected chi connectivity index (χ2v) is 4.68. The molecule has 0 spiro atoms. The van der Waals surface area contributed by atoms with Crippen LogP contribution in [0.15, 0.2) is 0 Å². The van der Waals surface area contributed by atoms with Crippen LogP contribution in [0.4, 0.5) is 0 Å². The van der Waals surface area contributed by atoms with E-state index in [2.05, 4.69) is 0 Å². The third-order valence-electron chi connectivity index (χ3n) is 3.11. The number of esters is 1. The van der Waals surface area contributed by atoms with Crippen molar-refractivity contribution in [1.29, 1.82) is 0 Å². The molecule has 0 radical (unpaired) electrons. The van der Waals surface area contributed by atoms with Gasteiger partial charge in [-0.05, 0) is 25.7 Å². The third-order valence-corrected chi connectivity index (χ3v) is 3.11. The fourth-order valence-electron chi connectivity index (χ4n) is 2.07. The normalized spacial score (nSPS) is 26.8. The van der Waals surface area contributed by atoms with Crippen LogP contribution in [-0.2, 0) is 9.53 Å². The Morgan fingerprint density at radius 2 is 1.56 bits per heavy atom. The van der Waals surface area contributed by atoms with Crippen molar-refractivity contribution in [3.8, 4) is 0 Å². The molecule has 0 bridgehead atoms. The Bertz CT molecular complexity index is 192. The molecule has 1 atom stereocenters. The number of carbonyl (C=O) groups is 1. The van der Waals surface area contributed by atoms with Gasteiger partial charge in [0.1, 0.15) is 0 Å². The number of rotatable bonds is 0. The van der Waals surface area contributed by atoms with Crippen LogP contribution in [0, 0.1) is 0 Å². The van der Waals surface area contributed by atoms with Crippen molar-refractivity contribution < 1.29 is 14.6 Å². The lowest BCUT2D eigenvalue weighted by Gasteiger charge is -2.11. The van der Waals surface area contributed by atoms with Crippen LogP contribution in [-0.4, -0.2) is 23.8 Å². The van der Waals surface area contributed by atoms with Gasteiger partial charge >= 0.3 is 5.97 Å². The molecule has 0 aromatic heterocycles. The van der Waals surface area contributed by atoms with E-state index in [0.717, 1.165) is 38.5 Å². The van der Waals surface area contributed by atoms with E-state index in [1.807, 2.05) is 0 Å². The predicted molar refractivity (Wildman–Crippen MR) is 63.1 cm³/mol. The number of hydrogen-bond donors (Lipinski definition) is 1. The molecule has 16 heavy (non-hydrogen) atoms. The number of aliphatic hydroxyl groups is 1. The fourth-order valence-corrected chi connectivity index (χ4v) is 2.07. The van der Waals surface area contributed by atoms with Gasteiger partial charge in [-0.1, -0.05) is 32.1 Å². The summed E-state index contributed by atoms with van der Waals surface area (Å²) < 4.78 is 5.10. The Hall–Kier alpha value is -0.570. The molecule has 1 N–H and O–H groups in total. The Balaban J connectivity index is 2.22. The molecule has 1 aliphatic heterocycles. The van der Waals surface area contributed by atoms with E-state index < -0.39 is 0 Å². The predicted octanol–water partition coefficient (Wildman–Crippen LogP) is 2.81. The number of cyclic esters (lactones) is 1. The summed E-state index contributed by atoms with van der Waals surface area (Å²) in [7, 11) is 0. The van der Waals surface area contributed by atoms with Crippen molar-refractivity contribution in [3.05, 3.63) is 0 Å². The smallest absolute Gasteiger partial charge is 0.305 e. The van der Waals surface area contributed by atoms with Crippen LogP contribution in [0.25, 0.3) is 0 Å². The van der Waals surface area contributed by atoms with Crippen molar-refractivity contribution in [2.75, 3.05) is 6.61 Å². The molecule has 0 amide bonds. The van der Waals surface area contributed by atoms with E-state index >= 15 is 0 Å². The van der Waals surface area contributed by atoms with Crippen molar-refractivity contribution in [2.45, 2.75) is 70.3 Å². The summed E-state index contributed by atoms with van der Waals surface area (Å²) in [6, 6.07) is 0. The van der Waals surface area contributed by atoms with Crippen molar-refractivity contribution in [3.63, 3.8) is 0 Å². The van der Waals surface area contributed by atoms with Gasteiger partial charge in [0, 0.05) is 6.42 Å². The van der Waals surface area contributed by atoms with Gasteiger partial charge in [0.05, 0.1) is 12.7 Å². The van der Waals surface area contributed by atoms with E-state index in [4.69, 9.17) is 4.74 Å². The second-order valence-electron chi connectivity index (χ2n) is 4.68. The molecule has 1 rings (SSSR count). The zero-order chi connectivity index (χ0) is 11.6. The number of aliphatic hydroxyl groups excluding tert-OH is 1. The molecular formula is C13H24O3. The van der Waals surface area contributed by atoms with Crippen LogP contribution < -0.4 is 0 Å². The quantitative estimate of drug-likeness (QED) is 0.648. The first-order chi connectivity index (χ1) is 7.79. The fraction of sp³-hybridized carbons (Fsp3) is 0.923. The molecule has 94 valence electrons. The van der Waals surface area contributed by atoms with Crippen LogP contribution in [0.3, 0.4) is 0 Å². The van der Waals surface area contributed by atoms with Crippen molar-refractivity contribution in [1.82, 2.24) is 0 Å². The molecule has 1 heterocycles. The molecule has 1 aliphatic rings. The number of carbonyl (C=O) groups excluding carboxylic acids is 1. The van der Waals surface area contributed by atoms with Gasteiger partial charge in [-0.25, -0.2) is 0 Å². The summed E-state index contributed by atoms with van der Waals surface area (Å²) in [5, 5.41) is 9.65. The van der Waals surface area contributed by atoms with E-state index in [0.29, 0.717) is 13.0 Å². The van der Waals surface area contributed by atoms with Gasteiger partial charge in [0.2, 0.25) is 0 Å². The average molecular weight is 228 g/mol. The largest absolute Gasteiger partial charge is 0.466 e. The van der Waals surface area contributed by atoms with Gasteiger partial charge in [-0.15, -0.1) is 0 Å². The maximum absolute atomic E-state index is 11.3. The Morgan fingerprint density at radius 3 is 2.38 bits per heavy atom. The molecule has 0 aliphatic carbocycles. The highest BCUT2D eigenvalue weighted by Gasteiger charge is 2.08. The van der Waals surface area contributed by atoms with E-state index in [-0.39, 0.29) is 12.1 Å². The van der Waals surface area contributed by atoms with Crippen LogP contribution in [0.2, 0.25) is 0 Å². The molecule has 1 fully saturated rings. The maximum Gasteiger partial charge on any atom is 0.305 e. The van der Waals surface area contributed by atoms with E-state index in [1.165, 1.54) is 19.3 Å². The summed E-state index contributed by atoms with van der Waals surface area (Å²) >= 11 is 0. The Morgan fingerprint density at radius 1 is 0.938 bits per heavy atom. The lowest BCUT2D eigenvalue weighted by Crippen LogP contribution is -2.10. The molecule has 3 heteroatoms. The monoisotopic (exact) mass is 228 g/mol. The van der Waals surface area contributed by atoms with Gasteiger partial charge in [0.15, 0.2) is 0 Å². The van der Waals surface area contributed by atoms with E-state index in [1.54, 1.807) is 0 Å². The molecule has 1 saturated heterocycles. The standard InChI is InChI=1S/C13H24O3/c14-12-8-5-3-1-2-4-6-11-16-13(15)10-7-9-12/h12,14H,1-11H2. The zero-order valence-electron chi connectivity index (χ0n) is 10.1. The zero-order valence-corrected chi connectivity index (χ0v) is 10.1. The second kappa shape index (κ2) is 8.57. The highest BCUT2D eigenvalue weighted by molar-refractivity contribution is 5.69. The van der Waals surface area contributed by atoms with Crippen LogP contribution in [0.5, 0.6) is 0 Å². The molecule has 0 saturated carbocycles. The first kappa shape index (κ1) is 13.5. The minimum Gasteiger partial charge on any atom is -0.466 e. The highest BCUT2D eigenvalue weighted by atomic mass is 16.5. The van der Waals surface area contributed by atoms with Gasteiger partial charge in [-0.2, -0.15) is 0 Å². The Kier molecular flexibility index (Phi) is 7.23. The first-order valence-corrected chi connectivity index (χ1v) is 6.63. The lowest BCUT2D eigenvalue weighted by molar-refractivity contribution is -0.144. The maximum atomic E-state index is 11.3. The van der Waals surface area contributed by atoms with Crippen molar-refractivity contribution in [2.24, 2.45) is 0 Å². The van der Waals surface area contributed by atoms with Crippen molar-refractivity contribution >= 4 is 5.97 Å². The van der Waals surface area contributed by atoms with Gasteiger partial charge in [-0.3, -0.25) is 4.79 Å². The summed E-state index contributed by atoms with van der Waals surface area (Å²) in [5.74, 6) is -0.107. The Labute approximate surface area is 98.2 Å². The van der Waals surface area contributed by atoms with E-state index in [9.17, 15) is 9.90 Å². The number of hydrogen-bond acceptors (Lipinski definition) is 3. The molecule has 1 unspecified atom stereocenters. The average Bonchev–Trinajstić information content (AvgIpc) is 2.26. The van der Waals surface area contributed by atoms with Crippen LogP contribution >= 0.6 is 0 Å². The molecule has 0 aromatic rings. The summed E-state index contributed by atoms with van der Waals surface area (Å²) in [6.45, 7) is 0.571. The minimum absolute atomic E-state index is 0.107. The SMILES string of the molecule is O=C1CCCC(O)CCCCCCCCO1. The highest BCUT2D eigenvalue weighted by Crippen LogP contribution is 2.13. The summed E-state index contributed by atoms with van der Waals surface area (Å²) in [4.78, 5) is 11.3. The number of ether oxygens (including phenoxy) is 1. The lowest BCUT2D eigenvalue weighted by atomic mass is 10.0. The minimum atomic E-state index is -0.226. The topological polar surface area (TPSA) is 46.5 Å². The van der Waals surface area contributed by atoms with Gasteiger partial charge in [0.25, 0.3) is 0 Å². The third kappa shape index (κ3) is 6.83. The first-order valence-electron chi connectivity index (χ1n) is 6.63. The van der Waals surface area contributed by atoms with Crippen LogP contribution in [0.1, 0.15) is 64.2 Å². The van der Waals surface area contributed by atoms with Gasteiger partial charge < -0.3 is 9.84 Å². The molecule has 3 nitrogen and oxygen atoms in total. The molecular weight excluding hydrogens is 204 g/mol. The summed E-state index contributed by atoms with van der Waals surface area (Å²) in [6.07, 6.45) is 9.53. The molecule has 0 aromatic carbocycles. The summed E-state index contributed by atoms with van der Waals surface area (Å²) in [5.41, 5.74) is 0.